The fourth-order valence-corrected chi connectivity index (χ4v) is 9.18. The second kappa shape index (κ2) is 12.6. The molecule has 228 valence electrons. The molecule has 5 heterocycles. The number of nitrogen functional groups attached to an aromatic ring is 1. The maximum atomic E-state index is 13.0. The van der Waals surface area contributed by atoms with Crippen LogP contribution in [0.2, 0.25) is 0 Å². The van der Waals surface area contributed by atoms with Gasteiger partial charge in [0.05, 0.1) is 4.21 Å². The number of β-lactam (4-membered cyclic amide) rings is 1. The van der Waals surface area contributed by atoms with E-state index in [4.69, 9.17) is 5.73 Å². The number of hydrogen-bond donors (Lipinski definition) is 4. The van der Waals surface area contributed by atoms with Crippen molar-refractivity contribution in [2.75, 3.05) is 29.5 Å². The van der Waals surface area contributed by atoms with Gasteiger partial charge in [-0.3, -0.25) is 19.3 Å². The van der Waals surface area contributed by atoms with Crippen LogP contribution in [0.25, 0.3) is 10.1 Å². The molecule has 0 spiro atoms. The van der Waals surface area contributed by atoms with E-state index in [1.807, 2.05) is 12.1 Å². The first-order valence-corrected chi connectivity index (χ1v) is 17.2. The lowest BCUT2D eigenvalue weighted by Gasteiger charge is -2.49. The van der Waals surface area contributed by atoms with Gasteiger partial charge in [0, 0.05) is 46.1 Å². The van der Waals surface area contributed by atoms with Gasteiger partial charge in [-0.25, -0.2) is 9.78 Å². The number of carbonyl (C=O) groups excluding carboxylic acids is 2. The van der Waals surface area contributed by atoms with Crippen LogP contribution in [0.5, 0.6) is 0 Å². The van der Waals surface area contributed by atoms with E-state index in [9.17, 15) is 29.5 Å². The van der Waals surface area contributed by atoms with Gasteiger partial charge in [-0.2, -0.15) is 0 Å². The lowest BCUT2D eigenvalue weighted by Crippen LogP contribution is -2.71. The zero-order chi connectivity index (χ0) is 31.0. The Morgan fingerprint density at radius 3 is 2.68 bits per heavy atom. The molecule has 2 amide bonds. The highest BCUT2D eigenvalue weighted by Gasteiger charge is 2.54. The maximum absolute atomic E-state index is 13.0. The predicted octanol–water partition coefficient (Wildman–Crippen LogP) is 3.51. The van der Waals surface area contributed by atoms with Crippen molar-refractivity contribution in [2.45, 2.75) is 34.9 Å². The van der Waals surface area contributed by atoms with E-state index in [0.717, 1.165) is 56.8 Å². The number of allylic oxidation sites excluding steroid dienone is 1. The van der Waals surface area contributed by atoms with Gasteiger partial charge in [0.25, 0.3) is 11.8 Å². The zero-order valence-electron chi connectivity index (χ0n) is 23.0. The predicted molar refractivity (Wildman–Crippen MR) is 174 cm³/mol. The lowest BCUT2D eigenvalue weighted by molar-refractivity contribution is -0.150. The first-order chi connectivity index (χ1) is 21.2. The molecule has 0 saturated carbocycles. The molecule has 3 aliphatic heterocycles. The number of piperidine rings is 1. The number of carboxylic acid groups (broad SMARTS) is 1. The van der Waals surface area contributed by atoms with Crippen molar-refractivity contribution >= 4 is 90.6 Å². The summed E-state index contributed by atoms with van der Waals surface area (Å²) in [4.78, 5) is 58.3. The molecule has 0 aliphatic carbocycles. The van der Waals surface area contributed by atoms with Gasteiger partial charge in [0.15, 0.2) is 16.3 Å². The topological polar surface area (TPSA) is 179 Å². The molecule has 6 rings (SSSR count). The number of carboxylic acids is 1. The number of thioether (sulfide) groups is 2. The Morgan fingerprint density at radius 1 is 1.18 bits per heavy atom. The van der Waals surface area contributed by atoms with E-state index in [0.29, 0.717) is 11.0 Å². The average Bonchev–Trinajstić information content (AvgIpc) is 3.45. The normalized spacial score (nSPS) is 20.6. The molecule has 3 aromatic rings. The molecule has 16 heteroatoms. The Hall–Kier alpha value is -3.86. The van der Waals surface area contributed by atoms with Crippen molar-refractivity contribution in [1.82, 2.24) is 15.2 Å². The number of fused-ring (bicyclic) bond motifs is 2. The molecule has 2 saturated heterocycles. The number of thiazole rings is 1. The number of nitrogens with zero attached hydrogens (tertiary/aromatic N) is 4. The van der Waals surface area contributed by atoms with Crippen LogP contribution in [-0.4, -0.2) is 74.0 Å². The van der Waals surface area contributed by atoms with Gasteiger partial charge in [-0.05, 0) is 54.5 Å². The van der Waals surface area contributed by atoms with Crippen LogP contribution in [-0.2, 0) is 14.4 Å². The van der Waals surface area contributed by atoms with Crippen LogP contribution in [0.3, 0.4) is 0 Å². The molecule has 2 fully saturated rings. The number of nitrogens with two attached hydrogens (primary N) is 1. The molecular formula is C28H26N6O6S4. The molecule has 1 unspecified atom stereocenters. The van der Waals surface area contributed by atoms with Crippen molar-refractivity contribution in [2.24, 2.45) is 5.16 Å². The fourth-order valence-electron chi connectivity index (χ4n) is 5.30. The number of anilines is 2. The minimum Gasteiger partial charge on any atom is -0.477 e. The Labute approximate surface area is 267 Å². The molecule has 44 heavy (non-hydrogen) atoms. The van der Waals surface area contributed by atoms with Crippen molar-refractivity contribution in [3.05, 3.63) is 68.3 Å². The van der Waals surface area contributed by atoms with Crippen molar-refractivity contribution in [3.63, 3.8) is 0 Å². The van der Waals surface area contributed by atoms with Crippen LogP contribution < -0.4 is 21.4 Å². The third-order valence-corrected chi connectivity index (χ3v) is 11.4. The van der Waals surface area contributed by atoms with E-state index in [1.165, 1.54) is 46.7 Å². The van der Waals surface area contributed by atoms with Crippen molar-refractivity contribution in [1.29, 1.82) is 0 Å². The number of oxime groups is 1. The van der Waals surface area contributed by atoms with Gasteiger partial charge in [-0.1, -0.05) is 16.9 Å². The van der Waals surface area contributed by atoms with E-state index in [2.05, 4.69) is 26.4 Å². The summed E-state index contributed by atoms with van der Waals surface area (Å²) in [7, 11) is 0. The molecule has 0 bridgehead atoms. The third kappa shape index (κ3) is 5.81. The van der Waals surface area contributed by atoms with Crippen LogP contribution in [0.15, 0.2) is 66.6 Å². The average molecular weight is 671 g/mol. The third-order valence-electron chi connectivity index (χ3n) is 7.43. The van der Waals surface area contributed by atoms with Gasteiger partial charge in [0.2, 0.25) is 0 Å². The summed E-state index contributed by atoms with van der Waals surface area (Å²) in [5, 5.41) is 28.2. The number of rotatable bonds is 8. The largest absolute Gasteiger partial charge is 0.477 e. The molecule has 0 radical (unpaired) electrons. The maximum Gasteiger partial charge on any atom is 0.352 e. The zero-order valence-corrected chi connectivity index (χ0v) is 26.2. The lowest BCUT2D eigenvalue weighted by atomic mass is 10.0. The number of aromatic nitrogens is 1. The van der Waals surface area contributed by atoms with E-state index in [-0.39, 0.29) is 27.7 Å². The highest BCUT2D eigenvalue weighted by molar-refractivity contribution is 8.04. The van der Waals surface area contributed by atoms with Crippen LogP contribution in [0.4, 0.5) is 10.8 Å². The summed E-state index contributed by atoms with van der Waals surface area (Å²) in [5.41, 5.74) is 6.55. The number of hydrogen-bond acceptors (Lipinski definition) is 13. The first-order valence-electron chi connectivity index (χ1n) is 13.6. The molecule has 1 aromatic carbocycles. The smallest absolute Gasteiger partial charge is 0.352 e. The summed E-state index contributed by atoms with van der Waals surface area (Å²) >= 11 is 5.17. The summed E-state index contributed by atoms with van der Waals surface area (Å²) in [6.07, 6.45) is 5.19. The van der Waals surface area contributed by atoms with Gasteiger partial charge >= 0.3 is 5.97 Å². The fraction of sp³-hybridized carbons (Fsp3) is 0.286. The number of amides is 2. The van der Waals surface area contributed by atoms with Gasteiger partial charge in [-0.15, -0.1) is 34.4 Å². The van der Waals surface area contributed by atoms with Crippen LogP contribution >= 0.6 is 46.2 Å². The van der Waals surface area contributed by atoms with E-state index in [1.54, 1.807) is 17.6 Å². The standard InChI is InChI=1S/C28H26N6O6S4/c29-28-30-17(13-43-28)21(32-40)24(36)31-22-25(37)34-23(27(38)39)14(12-42-26(22)34)6-9-41-20-11-18(35)16-5-4-15(10-19(16)44-20)33-7-2-1-3-8-33/h4-6,9-11,13,22,26,40H,1-3,7-8,12H2,(H2,29,30)(H,31,36)(H,38,39)/t22?,26-/m0/s1. The Morgan fingerprint density at radius 2 is 1.98 bits per heavy atom. The SMILES string of the molecule is Nc1nc(C(=NO)C(=O)NC2C(=O)N3C(C(=O)O)=C(C=CSc4cc(=O)c5ccc(N6CCCCC6)cc5s4)CS[C@@H]23)cs1. The van der Waals surface area contributed by atoms with E-state index < -0.39 is 34.9 Å². The second-order valence-electron chi connectivity index (χ2n) is 10.1. The molecule has 2 atom stereocenters. The molecule has 2 aromatic heterocycles. The Bertz CT molecular complexity index is 1810. The van der Waals surface area contributed by atoms with Crippen molar-refractivity contribution in [3.8, 4) is 0 Å². The summed E-state index contributed by atoms with van der Waals surface area (Å²) in [6, 6.07) is 6.52. The minimum atomic E-state index is -1.27. The molecule has 12 nitrogen and oxygen atoms in total. The number of aliphatic carboxylic acids is 1. The van der Waals surface area contributed by atoms with Gasteiger partial charge in [0.1, 0.15) is 22.8 Å². The summed E-state index contributed by atoms with van der Waals surface area (Å²) < 4.78 is 1.66. The Balaban J connectivity index is 1.17. The molecule has 5 N–H and O–H groups in total. The first kappa shape index (κ1) is 30.2. The van der Waals surface area contributed by atoms with Crippen molar-refractivity contribution < 1.29 is 24.7 Å². The number of carbonyl (C=O) groups is 3. The minimum absolute atomic E-state index is 0.0577. The number of benzene rings is 1. The second-order valence-corrected chi connectivity index (χ2v) is 14.4. The Kier molecular flexibility index (Phi) is 8.66. The number of nitrogens with one attached hydrogen (secondary N) is 1. The highest BCUT2D eigenvalue weighted by Crippen LogP contribution is 2.41. The van der Waals surface area contributed by atoms with Gasteiger partial charge < -0.3 is 26.3 Å². The summed E-state index contributed by atoms with van der Waals surface area (Å²) in [6.45, 7) is 2.01. The highest BCUT2D eigenvalue weighted by atomic mass is 32.2. The summed E-state index contributed by atoms with van der Waals surface area (Å²) in [5.74, 6) is -2.43. The molecular weight excluding hydrogens is 645 g/mol. The van der Waals surface area contributed by atoms with Crippen LogP contribution in [0, 0.1) is 0 Å². The molecule has 3 aliphatic rings. The quantitative estimate of drug-likeness (QED) is 0.0906. The van der Waals surface area contributed by atoms with E-state index >= 15 is 0 Å². The monoisotopic (exact) mass is 670 g/mol. The van der Waals surface area contributed by atoms with Crippen LogP contribution in [0.1, 0.15) is 25.0 Å².